The summed E-state index contributed by atoms with van der Waals surface area (Å²) in [6.07, 6.45) is -8.00. The Morgan fingerprint density at radius 1 is 1.12 bits per heavy atom. The fraction of sp³-hybridized carbons (Fsp3) is 0.200. The zero-order valence-electron chi connectivity index (χ0n) is 12.6. The van der Waals surface area contributed by atoms with Crippen LogP contribution in [-0.4, -0.2) is 23.7 Å². The van der Waals surface area contributed by atoms with Gasteiger partial charge < -0.3 is 10.1 Å². The molecule has 0 aliphatic heterocycles. The standard InChI is InChI=1S/C15H9BrF6N2O2/c16-10-5-11(13(23-6-10)26-7-14(17,18)19)24-12(25)8-1-3-9(4-2-8)15(20,21)22/h1-6H,7H2,(H,24,25). The van der Waals surface area contributed by atoms with Gasteiger partial charge in [-0.15, -0.1) is 0 Å². The zero-order chi connectivity index (χ0) is 19.5. The van der Waals surface area contributed by atoms with Gasteiger partial charge in [0.25, 0.3) is 5.91 Å². The van der Waals surface area contributed by atoms with E-state index in [9.17, 15) is 31.1 Å². The van der Waals surface area contributed by atoms with Crippen LogP contribution in [0.2, 0.25) is 0 Å². The van der Waals surface area contributed by atoms with Gasteiger partial charge in [0.05, 0.1) is 5.56 Å². The fourth-order valence-electron chi connectivity index (χ4n) is 1.79. The van der Waals surface area contributed by atoms with E-state index in [1.54, 1.807) is 0 Å². The lowest BCUT2D eigenvalue weighted by atomic mass is 10.1. The highest BCUT2D eigenvalue weighted by atomic mass is 79.9. The van der Waals surface area contributed by atoms with Crippen molar-refractivity contribution in [3.8, 4) is 5.88 Å². The van der Waals surface area contributed by atoms with Gasteiger partial charge in [0.1, 0.15) is 5.69 Å². The molecule has 4 nitrogen and oxygen atoms in total. The Morgan fingerprint density at radius 2 is 1.73 bits per heavy atom. The van der Waals surface area contributed by atoms with Crippen LogP contribution in [0.5, 0.6) is 5.88 Å². The third kappa shape index (κ3) is 5.61. The number of rotatable bonds is 4. The highest BCUT2D eigenvalue weighted by Gasteiger charge is 2.31. The lowest BCUT2D eigenvalue weighted by Gasteiger charge is -2.13. The van der Waals surface area contributed by atoms with Crippen molar-refractivity contribution >= 4 is 27.5 Å². The van der Waals surface area contributed by atoms with Crippen molar-refractivity contribution in [3.05, 3.63) is 52.1 Å². The van der Waals surface area contributed by atoms with E-state index in [-0.39, 0.29) is 11.3 Å². The SMILES string of the molecule is O=C(Nc1cc(Br)cnc1OCC(F)(F)F)c1ccc(C(F)(F)F)cc1. The first-order valence-electron chi connectivity index (χ1n) is 6.79. The number of anilines is 1. The summed E-state index contributed by atoms with van der Waals surface area (Å²) >= 11 is 3.05. The molecule has 0 radical (unpaired) electrons. The summed E-state index contributed by atoms with van der Waals surface area (Å²) in [7, 11) is 0. The molecule has 26 heavy (non-hydrogen) atoms. The van der Waals surface area contributed by atoms with Crippen molar-refractivity contribution in [2.24, 2.45) is 0 Å². The molecule has 0 aliphatic rings. The van der Waals surface area contributed by atoms with Crippen LogP contribution in [0.3, 0.4) is 0 Å². The first-order valence-corrected chi connectivity index (χ1v) is 7.59. The Labute approximate surface area is 151 Å². The zero-order valence-corrected chi connectivity index (χ0v) is 14.2. The lowest BCUT2D eigenvalue weighted by Crippen LogP contribution is -2.21. The summed E-state index contributed by atoms with van der Waals surface area (Å²) in [6, 6.07) is 4.57. The Bertz CT molecular complexity index is 790. The average molecular weight is 443 g/mol. The number of hydrogen-bond acceptors (Lipinski definition) is 3. The number of pyridine rings is 1. The molecule has 1 heterocycles. The van der Waals surface area contributed by atoms with Crippen LogP contribution >= 0.6 is 15.9 Å². The lowest BCUT2D eigenvalue weighted by molar-refractivity contribution is -0.154. The summed E-state index contributed by atoms with van der Waals surface area (Å²) < 4.78 is 79.3. The maximum atomic E-state index is 12.5. The summed E-state index contributed by atoms with van der Waals surface area (Å²) in [6.45, 7) is -1.62. The highest BCUT2D eigenvalue weighted by molar-refractivity contribution is 9.10. The number of ether oxygens (including phenoxy) is 1. The van der Waals surface area contributed by atoms with E-state index in [4.69, 9.17) is 0 Å². The number of nitrogens with one attached hydrogen (secondary N) is 1. The smallest absolute Gasteiger partial charge is 0.422 e. The van der Waals surface area contributed by atoms with Gasteiger partial charge in [0, 0.05) is 16.2 Å². The van der Waals surface area contributed by atoms with Gasteiger partial charge in [-0.1, -0.05) is 0 Å². The maximum absolute atomic E-state index is 12.5. The van der Waals surface area contributed by atoms with E-state index < -0.39 is 36.3 Å². The normalized spacial score (nSPS) is 12.0. The maximum Gasteiger partial charge on any atom is 0.422 e. The van der Waals surface area contributed by atoms with Gasteiger partial charge in [-0.2, -0.15) is 26.3 Å². The molecule has 2 aromatic rings. The Morgan fingerprint density at radius 3 is 2.27 bits per heavy atom. The highest BCUT2D eigenvalue weighted by Crippen LogP contribution is 2.30. The van der Waals surface area contributed by atoms with Crippen LogP contribution in [0.15, 0.2) is 41.0 Å². The Hall–Kier alpha value is -2.30. The number of nitrogens with zero attached hydrogens (tertiary/aromatic N) is 1. The molecular weight excluding hydrogens is 434 g/mol. The molecule has 1 aromatic carbocycles. The van der Waals surface area contributed by atoms with Crippen LogP contribution in [0.1, 0.15) is 15.9 Å². The molecule has 0 saturated heterocycles. The number of amides is 1. The van der Waals surface area contributed by atoms with E-state index in [0.29, 0.717) is 4.47 Å². The average Bonchev–Trinajstić information content (AvgIpc) is 2.52. The summed E-state index contributed by atoms with van der Waals surface area (Å²) in [5.74, 6) is -1.32. The largest absolute Gasteiger partial charge is 0.467 e. The minimum absolute atomic E-state index is 0.125. The monoisotopic (exact) mass is 442 g/mol. The number of halogens is 7. The molecule has 0 saturated carbocycles. The van der Waals surface area contributed by atoms with Crippen LogP contribution < -0.4 is 10.1 Å². The minimum atomic E-state index is -4.61. The molecule has 1 N–H and O–H groups in total. The first-order chi connectivity index (χ1) is 12.0. The van der Waals surface area contributed by atoms with Crippen LogP contribution in [0.25, 0.3) is 0 Å². The minimum Gasteiger partial charge on any atom is -0.467 e. The third-order valence-electron chi connectivity index (χ3n) is 2.91. The number of carbonyl (C=O) groups is 1. The van der Waals surface area contributed by atoms with Crippen LogP contribution in [0, 0.1) is 0 Å². The second-order valence-electron chi connectivity index (χ2n) is 4.94. The molecule has 0 unspecified atom stereocenters. The summed E-state index contributed by atoms with van der Waals surface area (Å²) in [5.41, 5.74) is -1.24. The van der Waals surface area contributed by atoms with E-state index in [0.717, 1.165) is 24.3 Å². The molecule has 2 rings (SSSR count). The second kappa shape index (κ2) is 7.52. The van der Waals surface area contributed by atoms with Gasteiger partial charge in [-0.25, -0.2) is 4.98 Å². The fourth-order valence-corrected chi connectivity index (χ4v) is 2.12. The number of benzene rings is 1. The molecule has 0 atom stereocenters. The van der Waals surface area contributed by atoms with E-state index >= 15 is 0 Å². The van der Waals surface area contributed by atoms with Crippen LogP contribution in [0.4, 0.5) is 32.0 Å². The number of hydrogen-bond donors (Lipinski definition) is 1. The second-order valence-corrected chi connectivity index (χ2v) is 5.86. The van der Waals surface area contributed by atoms with Crippen molar-refractivity contribution < 1.29 is 35.9 Å². The molecule has 0 aliphatic carbocycles. The van der Waals surface area contributed by atoms with E-state index in [1.807, 2.05) is 0 Å². The molecular formula is C15H9BrF6N2O2. The number of carbonyl (C=O) groups excluding carboxylic acids is 1. The first kappa shape index (κ1) is 20.0. The number of aromatic nitrogens is 1. The van der Waals surface area contributed by atoms with Crippen LogP contribution in [-0.2, 0) is 6.18 Å². The van der Waals surface area contributed by atoms with Crippen molar-refractivity contribution in [1.82, 2.24) is 4.98 Å². The molecule has 1 aromatic heterocycles. The third-order valence-corrected chi connectivity index (χ3v) is 3.35. The van der Waals surface area contributed by atoms with Crippen molar-refractivity contribution in [1.29, 1.82) is 0 Å². The van der Waals surface area contributed by atoms with Gasteiger partial charge >= 0.3 is 12.4 Å². The topological polar surface area (TPSA) is 51.2 Å². The summed E-state index contributed by atoms with van der Waals surface area (Å²) in [4.78, 5) is 15.8. The molecule has 11 heteroatoms. The van der Waals surface area contributed by atoms with Crippen molar-refractivity contribution in [3.63, 3.8) is 0 Å². The number of alkyl halides is 6. The molecule has 1 amide bonds. The van der Waals surface area contributed by atoms with Crippen molar-refractivity contribution in [2.45, 2.75) is 12.4 Å². The summed E-state index contributed by atoms with van der Waals surface area (Å²) in [5, 5.41) is 2.26. The predicted octanol–water partition coefficient (Wildman–Crippen LogP) is 5.06. The molecule has 0 fully saturated rings. The van der Waals surface area contributed by atoms with Gasteiger partial charge in [0.2, 0.25) is 5.88 Å². The predicted molar refractivity (Wildman–Crippen MR) is 82.9 cm³/mol. The van der Waals surface area contributed by atoms with E-state index in [1.165, 1.54) is 12.3 Å². The molecule has 140 valence electrons. The van der Waals surface area contributed by atoms with Gasteiger partial charge in [0.15, 0.2) is 6.61 Å². The molecule has 0 bridgehead atoms. The quantitative estimate of drug-likeness (QED) is 0.673. The van der Waals surface area contributed by atoms with Gasteiger partial charge in [-0.3, -0.25) is 4.79 Å². The Balaban J connectivity index is 2.19. The molecule has 0 spiro atoms. The van der Waals surface area contributed by atoms with Crippen molar-refractivity contribution in [2.75, 3.05) is 11.9 Å². The Kier molecular flexibility index (Phi) is 5.79. The van der Waals surface area contributed by atoms with E-state index in [2.05, 4.69) is 31.0 Å². The van der Waals surface area contributed by atoms with Gasteiger partial charge in [-0.05, 0) is 46.3 Å².